The first kappa shape index (κ1) is 12.1. The molecular weight excluding hydrogens is 204 g/mol. The standard InChI is InChI=1S/C13H14O3/c1-3-4-5-8-16-12-9-11(13(14)15)7-6-10(12)2/h1,6-7,9H,4-5,8H2,2H3,(H,14,15). The van der Waals surface area contributed by atoms with Gasteiger partial charge in [-0.3, -0.25) is 0 Å². The number of unbranched alkanes of at least 4 members (excludes halogenated alkanes) is 1. The molecule has 0 heterocycles. The van der Waals surface area contributed by atoms with Crippen LogP contribution in [0.25, 0.3) is 0 Å². The summed E-state index contributed by atoms with van der Waals surface area (Å²) in [5.41, 5.74) is 1.16. The number of hydrogen-bond donors (Lipinski definition) is 1. The van der Waals surface area contributed by atoms with E-state index in [9.17, 15) is 4.79 Å². The number of rotatable bonds is 5. The van der Waals surface area contributed by atoms with E-state index in [1.54, 1.807) is 12.1 Å². The summed E-state index contributed by atoms with van der Waals surface area (Å²) in [4.78, 5) is 10.8. The molecule has 0 aromatic heterocycles. The largest absolute Gasteiger partial charge is 0.493 e. The van der Waals surface area contributed by atoms with Crippen LogP contribution in [0.3, 0.4) is 0 Å². The minimum absolute atomic E-state index is 0.234. The molecule has 0 bridgehead atoms. The molecule has 0 spiro atoms. The van der Waals surface area contributed by atoms with Crippen molar-refractivity contribution in [2.24, 2.45) is 0 Å². The molecule has 0 aliphatic rings. The molecule has 1 N–H and O–H groups in total. The van der Waals surface area contributed by atoms with Gasteiger partial charge in [0.05, 0.1) is 12.2 Å². The maximum Gasteiger partial charge on any atom is 0.335 e. The third-order valence-corrected chi connectivity index (χ3v) is 2.16. The van der Waals surface area contributed by atoms with Crippen molar-refractivity contribution >= 4 is 5.97 Å². The fourth-order valence-electron chi connectivity index (χ4n) is 1.24. The molecule has 0 amide bonds. The number of carbonyl (C=O) groups is 1. The second kappa shape index (κ2) is 5.82. The highest BCUT2D eigenvalue weighted by molar-refractivity contribution is 5.88. The molecule has 0 saturated heterocycles. The lowest BCUT2D eigenvalue weighted by Crippen LogP contribution is -2.01. The van der Waals surface area contributed by atoms with E-state index in [-0.39, 0.29) is 5.56 Å². The fourth-order valence-corrected chi connectivity index (χ4v) is 1.24. The first-order valence-corrected chi connectivity index (χ1v) is 5.05. The highest BCUT2D eigenvalue weighted by Crippen LogP contribution is 2.19. The Kier molecular flexibility index (Phi) is 4.41. The van der Waals surface area contributed by atoms with Gasteiger partial charge >= 0.3 is 5.97 Å². The maximum atomic E-state index is 10.8. The van der Waals surface area contributed by atoms with Gasteiger partial charge in [0.25, 0.3) is 0 Å². The van der Waals surface area contributed by atoms with Crippen LogP contribution in [-0.4, -0.2) is 17.7 Å². The van der Waals surface area contributed by atoms with Crippen molar-refractivity contribution in [3.63, 3.8) is 0 Å². The van der Waals surface area contributed by atoms with Crippen LogP contribution in [0.1, 0.15) is 28.8 Å². The molecule has 0 aliphatic carbocycles. The zero-order valence-electron chi connectivity index (χ0n) is 9.19. The van der Waals surface area contributed by atoms with E-state index in [1.165, 1.54) is 6.07 Å². The van der Waals surface area contributed by atoms with Crippen LogP contribution in [0.5, 0.6) is 5.75 Å². The Morgan fingerprint density at radius 1 is 1.56 bits per heavy atom. The second-order valence-electron chi connectivity index (χ2n) is 3.44. The van der Waals surface area contributed by atoms with Crippen molar-refractivity contribution in [3.05, 3.63) is 29.3 Å². The summed E-state index contributed by atoms with van der Waals surface area (Å²) >= 11 is 0. The summed E-state index contributed by atoms with van der Waals surface area (Å²) in [5, 5.41) is 8.83. The molecule has 0 saturated carbocycles. The van der Waals surface area contributed by atoms with E-state index in [1.807, 2.05) is 6.92 Å². The molecule has 0 unspecified atom stereocenters. The highest BCUT2D eigenvalue weighted by atomic mass is 16.5. The van der Waals surface area contributed by atoms with E-state index in [4.69, 9.17) is 16.3 Å². The Labute approximate surface area is 95.1 Å². The average molecular weight is 218 g/mol. The molecular formula is C13H14O3. The molecule has 1 aromatic rings. The number of hydrogen-bond acceptors (Lipinski definition) is 2. The number of terminal acetylenes is 1. The van der Waals surface area contributed by atoms with Gasteiger partial charge in [-0.2, -0.15) is 0 Å². The van der Waals surface area contributed by atoms with E-state index >= 15 is 0 Å². The summed E-state index contributed by atoms with van der Waals surface area (Å²) in [6, 6.07) is 4.83. The molecule has 1 aromatic carbocycles. The highest BCUT2D eigenvalue weighted by Gasteiger charge is 2.06. The van der Waals surface area contributed by atoms with E-state index < -0.39 is 5.97 Å². The third kappa shape index (κ3) is 3.32. The van der Waals surface area contributed by atoms with Crippen LogP contribution in [0.15, 0.2) is 18.2 Å². The molecule has 1 rings (SSSR count). The maximum absolute atomic E-state index is 10.8. The monoisotopic (exact) mass is 218 g/mol. The van der Waals surface area contributed by atoms with E-state index in [2.05, 4.69) is 5.92 Å². The van der Waals surface area contributed by atoms with Gasteiger partial charge in [-0.1, -0.05) is 6.07 Å². The van der Waals surface area contributed by atoms with Gasteiger partial charge in [0, 0.05) is 6.42 Å². The van der Waals surface area contributed by atoms with Crippen LogP contribution in [0.2, 0.25) is 0 Å². The van der Waals surface area contributed by atoms with Gasteiger partial charge in [0.2, 0.25) is 0 Å². The zero-order valence-corrected chi connectivity index (χ0v) is 9.19. The number of carboxylic acid groups (broad SMARTS) is 1. The van der Waals surface area contributed by atoms with E-state index in [0.29, 0.717) is 18.8 Å². The Bertz CT molecular complexity index is 416. The van der Waals surface area contributed by atoms with Gasteiger partial charge in [-0.15, -0.1) is 12.3 Å². The first-order valence-electron chi connectivity index (χ1n) is 5.05. The lowest BCUT2D eigenvalue weighted by atomic mass is 10.1. The van der Waals surface area contributed by atoms with Crippen molar-refractivity contribution in [3.8, 4) is 18.1 Å². The quantitative estimate of drug-likeness (QED) is 0.610. The van der Waals surface area contributed by atoms with Crippen molar-refractivity contribution in [2.75, 3.05) is 6.61 Å². The molecule has 3 heteroatoms. The number of ether oxygens (including phenoxy) is 1. The van der Waals surface area contributed by atoms with Gasteiger partial charge < -0.3 is 9.84 Å². The zero-order chi connectivity index (χ0) is 12.0. The summed E-state index contributed by atoms with van der Waals surface area (Å²) in [7, 11) is 0. The van der Waals surface area contributed by atoms with Gasteiger partial charge in [0.1, 0.15) is 5.75 Å². The Morgan fingerprint density at radius 3 is 2.94 bits per heavy atom. The topological polar surface area (TPSA) is 46.5 Å². The van der Waals surface area contributed by atoms with Crippen LogP contribution >= 0.6 is 0 Å². The number of carboxylic acids is 1. The molecule has 3 nitrogen and oxygen atoms in total. The minimum atomic E-state index is -0.950. The molecule has 0 fully saturated rings. The number of aromatic carboxylic acids is 1. The summed E-state index contributed by atoms with van der Waals surface area (Å²) in [5.74, 6) is 2.18. The Balaban J connectivity index is 2.67. The Hall–Kier alpha value is -1.95. The van der Waals surface area contributed by atoms with Crippen molar-refractivity contribution in [1.29, 1.82) is 0 Å². The van der Waals surface area contributed by atoms with Crippen molar-refractivity contribution in [2.45, 2.75) is 19.8 Å². The minimum Gasteiger partial charge on any atom is -0.493 e. The number of benzene rings is 1. The number of aryl methyl sites for hydroxylation is 1. The summed E-state index contributed by atoms with van der Waals surface area (Å²) < 4.78 is 5.47. The summed E-state index contributed by atoms with van der Waals surface area (Å²) in [6.45, 7) is 2.39. The second-order valence-corrected chi connectivity index (χ2v) is 3.44. The predicted molar refractivity (Wildman–Crippen MR) is 61.7 cm³/mol. The van der Waals surface area contributed by atoms with Crippen LogP contribution in [-0.2, 0) is 0 Å². The van der Waals surface area contributed by atoms with E-state index in [0.717, 1.165) is 12.0 Å². The van der Waals surface area contributed by atoms with Crippen molar-refractivity contribution in [1.82, 2.24) is 0 Å². The van der Waals surface area contributed by atoms with Crippen LogP contribution < -0.4 is 4.74 Å². The van der Waals surface area contributed by atoms with Gasteiger partial charge in [-0.25, -0.2) is 4.79 Å². The lowest BCUT2D eigenvalue weighted by molar-refractivity contribution is 0.0696. The van der Waals surface area contributed by atoms with Gasteiger partial charge in [0.15, 0.2) is 0 Å². The van der Waals surface area contributed by atoms with Crippen molar-refractivity contribution < 1.29 is 14.6 Å². The third-order valence-electron chi connectivity index (χ3n) is 2.16. The normalized spacial score (nSPS) is 9.50. The molecule has 0 radical (unpaired) electrons. The van der Waals surface area contributed by atoms with Gasteiger partial charge in [-0.05, 0) is 31.0 Å². The first-order chi connectivity index (χ1) is 7.65. The SMILES string of the molecule is C#CCCCOc1cc(C(=O)O)ccc1C. The molecule has 84 valence electrons. The fraction of sp³-hybridized carbons (Fsp3) is 0.308. The smallest absolute Gasteiger partial charge is 0.335 e. The van der Waals surface area contributed by atoms with Crippen LogP contribution in [0.4, 0.5) is 0 Å². The molecule has 0 aliphatic heterocycles. The molecule has 0 atom stereocenters. The average Bonchev–Trinajstić information content (AvgIpc) is 2.26. The lowest BCUT2D eigenvalue weighted by Gasteiger charge is -2.08. The molecule has 16 heavy (non-hydrogen) atoms. The predicted octanol–water partition coefficient (Wildman–Crippen LogP) is 2.49. The van der Waals surface area contributed by atoms with Crippen LogP contribution in [0, 0.1) is 19.3 Å². The summed E-state index contributed by atoms with van der Waals surface area (Å²) in [6.07, 6.45) is 6.55. The Morgan fingerprint density at radius 2 is 2.31 bits per heavy atom.